The van der Waals surface area contributed by atoms with E-state index in [-0.39, 0.29) is 0 Å². The van der Waals surface area contributed by atoms with Gasteiger partial charge in [-0.2, -0.15) is 0 Å². The van der Waals surface area contributed by atoms with E-state index in [1.807, 2.05) is 0 Å². The summed E-state index contributed by atoms with van der Waals surface area (Å²) in [5.74, 6) is 1.63. The van der Waals surface area contributed by atoms with Crippen LogP contribution in [0.15, 0.2) is 30.3 Å². The Morgan fingerprint density at radius 1 is 1.04 bits per heavy atom. The first-order valence-electron chi connectivity index (χ1n) is 10.2. The van der Waals surface area contributed by atoms with Gasteiger partial charge < -0.3 is 9.80 Å². The third-order valence-electron chi connectivity index (χ3n) is 6.10. The number of rotatable bonds is 5. The fourth-order valence-electron chi connectivity index (χ4n) is 4.77. The summed E-state index contributed by atoms with van der Waals surface area (Å²) in [6.45, 7) is 9.08. The van der Waals surface area contributed by atoms with Gasteiger partial charge >= 0.3 is 0 Å². The van der Waals surface area contributed by atoms with Gasteiger partial charge in [-0.15, -0.1) is 5.10 Å². The van der Waals surface area contributed by atoms with Crippen molar-refractivity contribution in [3.8, 4) is 0 Å². The molecule has 2 heterocycles. The molecule has 1 aromatic heterocycles. The number of hydrogen-bond acceptors (Lipinski definition) is 4. The molecule has 1 aliphatic heterocycles. The van der Waals surface area contributed by atoms with Gasteiger partial charge in [-0.05, 0) is 35.4 Å². The van der Waals surface area contributed by atoms with E-state index >= 15 is 0 Å². The predicted molar refractivity (Wildman–Crippen MR) is 102 cm³/mol. The lowest BCUT2D eigenvalue weighted by Crippen LogP contribution is -3.15. The van der Waals surface area contributed by atoms with E-state index in [2.05, 4.69) is 69.3 Å². The average molecular weight is 356 g/mol. The SMILES string of the molecule is CC(C)[C@H](c1nnnn1C1CCCC1)[NH+]1CCN(c2ccccc2)CC1. The van der Waals surface area contributed by atoms with Crippen LogP contribution in [0.2, 0.25) is 0 Å². The minimum Gasteiger partial charge on any atom is -0.360 e. The third-order valence-corrected chi connectivity index (χ3v) is 6.10. The topological polar surface area (TPSA) is 51.3 Å². The van der Waals surface area contributed by atoms with Crippen LogP contribution in [0.4, 0.5) is 5.69 Å². The molecular formula is C20H31N6+. The standard InChI is InChI=1S/C20H30N6/c1-16(2)19(20-21-22-23-26(20)18-10-6-7-11-18)25-14-12-24(13-15-25)17-8-4-3-5-9-17/h3-5,8-9,16,18-19H,6-7,10-15H2,1-2H3/p+1/t19-/m1/s1. The second kappa shape index (κ2) is 7.74. The van der Waals surface area contributed by atoms with Crippen molar-refractivity contribution in [3.05, 3.63) is 36.2 Å². The first-order chi connectivity index (χ1) is 12.7. The Labute approximate surface area is 156 Å². The summed E-state index contributed by atoms with van der Waals surface area (Å²) in [6, 6.07) is 11.7. The Morgan fingerprint density at radius 3 is 2.38 bits per heavy atom. The van der Waals surface area contributed by atoms with Gasteiger partial charge in [0.1, 0.15) is 0 Å². The molecule has 26 heavy (non-hydrogen) atoms. The summed E-state index contributed by atoms with van der Waals surface area (Å²) in [7, 11) is 0. The van der Waals surface area contributed by atoms with Crippen LogP contribution in [-0.2, 0) is 0 Å². The molecule has 1 saturated carbocycles. The van der Waals surface area contributed by atoms with Gasteiger partial charge in [-0.25, -0.2) is 4.68 Å². The zero-order chi connectivity index (χ0) is 17.9. The minimum atomic E-state index is 0.378. The molecule has 1 aliphatic carbocycles. The predicted octanol–water partition coefficient (Wildman–Crippen LogP) is 1.89. The maximum Gasteiger partial charge on any atom is 0.209 e. The molecular weight excluding hydrogens is 324 g/mol. The van der Waals surface area contributed by atoms with Crippen molar-refractivity contribution in [2.45, 2.75) is 51.6 Å². The van der Waals surface area contributed by atoms with E-state index in [9.17, 15) is 0 Å². The molecule has 0 spiro atoms. The lowest BCUT2D eigenvalue weighted by atomic mass is 10.00. The molecule has 4 rings (SSSR count). The molecule has 0 amide bonds. The largest absolute Gasteiger partial charge is 0.360 e. The van der Waals surface area contributed by atoms with Gasteiger partial charge in [-0.1, -0.05) is 44.9 Å². The van der Waals surface area contributed by atoms with E-state index in [4.69, 9.17) is 0 Å². The quantitative estimate of drug-likeness (QED) is 0.890. The summed E-state index contributed by atoms with van der Waals surface area (Å²) >= 11 is 0. The molecule has 0 bridgehead atoms. The van der Waals surface area contributed by atoms with Crippen LogP contribution in [0.1, 0.15) is 57.4 Å². The molecule has 2 aliphatic rings. The maximum atomic E-state index is 4.50. The number of tetrazole rings is 1. The number of nitrogens with zero attached hydrogens (tertiary/aromatic N) is 5. The molecule has 0 radical (unpaired) electrons. The number of quaternary nitrogens is 1. The maximum absolute atomic E-state index is 4.50. The normalized spacial score (nSPS) is 20.8. The Balaban J connectivity index is 1.49. The molecule has 1 atom stereocenters. The van der Waals surface area contributed by atoms with E-state index in [1.54, 1.807) is 4.90 Å². The van der Waals surface area contributed by atoms with Gasteiger partial charge in [0.25, 0.3) is 0 Å². The highest BCUT2D eigenvalue weighted by Gasteiger charge is 2.36. The van der Waals surface area contributed by atoms with Crippen LogP contribution in [0, 0.1) is 5.92 Å². The van der Waals surface area contributed by atoms with Crippen molar-refractivity contribution in [2.24, 2.45) is 5.92 Å². The number of para-hydroxylation sites is 1. The Hall–Kier alpha value is -1.95. The van der Waals surface area contributed by atoms with Crippen molar-refractivity contribution in [2.75, 3.05) is 31.1 Å². The van der Waals surface area contributed by atoms with E-state index in [1.165, 1.54) is 31.4 Å². The van der Waals surface area contributed by atoms with Crippen molar-refractivity contribution >= 4 is 5.69 Å². The molecule has 2 aromatic rings. The van der Waals surface area contributed by atoms with Crippen molar-refractivity contribution < 1.29 is 4.90 Å². The molecule has 2 fully saturated rings. The molecule has 0 unspecified atom stereocenters. The summed E-state index contributed by atoms with van der Waals surface area (Å²) < 4.78 is 2.16. The monoisotopic (exact) mass is 355 g/mol. The van der Waals surface area contributed by atoms with E-state index < -0.39 is 0 Å². The number of anilines is 1. The number of hydrogen-bond donors (Lipinski definition) is 1. The number of piperazine rings is 1. The highest BCUT2D eigenvalue weighted by molar-refractivity contribution is 5.46. The fourth-order valence-corrected chi connectivity index (χ4v) is 4.77. The van der Waals surface area contributed by atoms with Gasteiger partial charge in [0.05, 0.1) is 32.2 Å². The van der Waals surface area contributed by atoms with E-state index in [0.29, 0.717) is 18.0 Å². The zero-order valence-electron chi connectivity index (χ0n) is 16.0. The van der Waals surface area contributed by atoms with Gasteiger partial charge in [0.15, 0.2) is 6.04 Å². The van der Waals surface area contributed by atoms with E-state index in [0.717, 1.165) is 32.0 Å². The second-order valence-corrected chi connectivity index (χ2v) is 8.12. The second-order valence-electron chi connectivity index (χ2n) is 8.12. The van der Waals surface area contributed by atoms with Gasteiger partial charge in [0.2, 0.25) is 5.82 Å². The lowest BCUT2D eigenvalue weighted by Gasteiger charge is -2.38. The average Bonchev–Trinajstić information content (AvgIpc) is 3.34. The van der Waals surface area contributed by atoms with Crippen LogP contribution < -0.4 is 9.80 Å². The van der Waals surface area contributed by atoms with Crippen molar-refractivity contribution in [1.29, 1.82) is 0 Å². The van der Waals surface area contributed by atoms with Gasteiger partial charge in [0, 0.05) is 11.6 Å². The van der Waals surface area contributed by atoms with Crippen LogP contribution in [0.5, 0.6) is 0 Å². The molecule has 140 valence electrons. The van der Waals surface area contributed by atoms with Crippen LogP contribution in [-0.4, -0.2) is 46.4 Å². The first-order valence-corrected chi connectivity index (χ1v) is 10.2. The molecule has 1 aromatic carbocycles. The Bertz CT molecular complexity index is 683. The fraction of sp³-hybridized carbons (Fsp3) is 0.650. The molecule has 1 saturated heterocycles. The Kier molecular flexibility index (Phi) is 5.20. The highest BCUT2D eigenvalue weighted by Crippen LogP contribution is 2.31. The number of aromatic nitrogens is 4. The summed E-state index contributed by atoms with van der Waals surface area (Å²) in [5, 5.41) is 13.0. The first kappa shape index (κ1) is 17.5. The number of benzene rings is 1. The minimum absolute atomic E-state index is 0.378. The zero-order valence-corrected chi connectivity index (χ0v) is 16.0. The molecule has 1 N–H and O–H groups in total. The molecule has 6 heteroatoms. The third kappa shape index (κ3) is 3.47. The lowest BCUT2D eigenvalue weighted by molar-refractivity contribution is -0.937. The highest BCUT2D eigenvalue weighted by atomic mass is 15.6. The number of nitrogens with one attached hydrogen (secondary N) is 1. The van der Waals surface area contributed by atoms with Gasteiger partial charge in [-0.3, -0.25) is 0 Å². The summed E-state index contributed by atoms with van der Waals surface area (Å²) in [5.41, 5.74) is 1.34. The van der Waals surface area contributed by atoms with Crippen LogP contribution >= 0.6 is 0 Å². The van der Waals surface area contributed by atoms with Crippen LogP contribution in [0.3, 0.4) is 0 Å². The smallest absolute Gasteiger partial charge is 0.209 e. The summed E-state index contributed by atoms with van der Waals surface area (Å²) in [6.07, 6.45) is 5.05. The van der Waals surface area contributed by atoms with Crippen LogP contribution in [0.25, 0.3) is 0 Å². The van der Waals surface area contributed by atoms with Crippen molar-refractivity contribution in [1.82, 2.24) is 20.2 Å². The Morgan fingerprint density at radius 2 is 1.73 bits per heavy atom. The molecule has 6 nitrogen and oxygen atoms in total. The van der Waals surface area contributed by atoms with Crippen molar-refractivity contribution in [3.63, 3.8) is 0 Å². The summed E-state index contributed by atoms with van der Waals surface area (Å²) in [4.78, 5) is 4.13.